The smallest absolute Gasteiger partial charge is 0.337 e. The zero-order chi connectivity index (χ0) is 18.2. The molecule has 0 aliphatic carbocycles. The third kappa shape index (κ3) is 5.61. The molecule has 0 saturated heterocycles. The van der Waals surface area contributed by atoms with E-state index in [2.05, 4.69) is 15.3 Å². The topological polar surface area (TPSA) is 77.0 Å². The summed E-state index contributed by atoms with van der Waals surface area (Å²) in [6, 6.07) is 13.4. The SMILES string of the molecule is COC(=O)c1ccc(/C=N/NC(=O)C(C)Oc2cccc(Cl)c2)cc1. The summed E-state index contributed by atoms with van der Waals surface area (Å²) in [4.78, 5) is 23.3. The van der Waals surface area contributed by atoms with E-state index in [0.29, 0.717) is 16.3 Å². The maximum Gasteiger partial charge on any atom is 0.337 e. The maximum atomic E-state index is 12.0. The third-order valence-corrected chi connectivity index (χ3v) is 3.43. The zero-order valence-corrected chi connectivity index (χ0v) is 14.5. The Morgan fingerprint density at radius 3 is 2.56 bits per heavy atom. The van der Waals surface area contributed by atoms with Crippen molar-refractivity contribution in [2.45, 2.75) is 13.0 Å². The third-order valence-electron chi connectivity index (χ3n) is 3.20. The second kappa shape index (κ2) is 8.84. The summed E-state index contributed by atoms with van der Waals surface area (Å²) < 4.78 is 10.1. The Labute approximate surface area is 150 Å². The highest BCUT2D eigenvalue weighted by molar-refractivity contribution is 6.30. The molecule has 2 aromatic rings. The van der Waals surface area contributed by atoms with Crippen LogP contribution in [-0.2, 0) is 9.53 Å². The molecule has 1 unspecified atom stereocenters. The Balaban J connectivity index is 1.88. The number of hydrogen-bond donors (Lipinski definition) is 1. The summed E-state index contributed by atoms with van der Waals surface area (Å²) in [5.74, 6) is -0.316. The van der Waals surface area contributed by atoms with Gasteiger partial charge in [-0.1, -0.05) is 29.8 Å². The molecule has 0 fully saturated rings. The fraction of sp³-hybridized carbons (Fsp3) is 0.167. The molecule has 0 bridgehead atoms. The Bertz CT molecular complexity index is 775. The van der Waals surface area contributed by atoms with E-state index in [-0.39, 0.29) is 0 Å². The second-order valence-corrected chi connectivity index (χ2v) is 5.50. The molecule has 0 heterocycles. The van der Waals surface area contributed by atoms with Gasteiger partial charge in [0.25, 0.3) is 5.91 Å². The first-order valence-corrected chi connectivity index (χ1v) is 7.81. The average Bonchev–Trinajstić information content (AvgIpc) is 2.61. The van der Waals surface area contributed by atoms with Gasteiger partial charge < -0.3 is 9.47 Å². The number of carbonyl (C=O) groups is 2. The number of hydrazone groups is 1. The van der Waals surface area contributed by atoms with E-state index in [1.54, 1.807) is 55.5 Å². The molecule has 0 radical (unpaired) electrons. The summed E-state index contributed by atoms with van der Waals surface area (Å²) >= 11 is 5.87. The highest BCUT2D eigenvalue weighted by Crippen LogP contribution is 2.18. The molecule has 1 N–H and O–H groups in total. The van der Waals surface area contributed by atoms with Gasteiger partial charge in [-0.15, -0.1) is 0 Å². The fourth-order valence-electron chi connectivity index (χ4n) is 1.88. The second-order valence-electron chi connectivity index (χ2n) is 5.07. The highest BCUT2D eigenvalue weighted by Gasteiger charge is 2.14. The highest BCUT2D eigenvalue weighted by atomic mass is 35.5. The zero-order valence-electron chi connectivity index (χ0n) is 13.7. The minimum atomic E-state index is -0.739. The van der Waals surface area contributed by atoms with Crippen LogP contribution in [0.15, 0.2) is 53.6 Å². The number of benzene rings is 2. The van der Waals surface area contributed by atoms with Crippen molar-refractivity contribution in [3.63, 3.8) is 0 Å². The van der Waals surface area contributed by atoms with E-state index < -0.39 is 18.0 Å². The van der Waals surface area contributed by atoms with Crippen LogP contribution in [-0.4, -0.2) is 31.3 Å². The number of esters is 1. The maximum absolute atomic E-state index is 12.0. The number of methoxy groups -OCH3 is 1. The summed E-state index contributed by atoms with van der Waals surface area (Å²) in [5, 5.41) is 4.40. The summed E-state index contributed by atoms with van der Waals surface area (Å²) in [6.45, 7) is 1.61. The van der Waals surface area contributed by atoms with Crippen LogP contribution >= 0.6 is 11.6 Å². The molecule has 7 heteroatoms. The van der Waals surface area contributed by atoms with Crippen molar-refractivity contribution in [3.05, 3.63) is 64.7 Å². The van der Waals surface area contributed by atoms with Crippen molar-refractivity contribution in [3.8, 4) is 5.75 Å². The first kappa shape index (κ1) is 18.5. The number of nitrogens with one attached hydrogen (secondary N) is 1. The standard InChI is InChI=1S/C18H17ClN2O4/c1-12(25-16-5-3-4-15(19)10-16)17(22)21-20-11-13-6-8-14(9-7-13)18(23)24-2/h3-12H,1-2H3,(H,21,22)/b20-11+. The summed E-state index contributed by atoms with van der Waals surface area (Å²) in [5.41, 5.74) is 3.55. The lowest BCUT2D eigenvalue weighted by molar-refractivity contribution is -0.127. The quantitative estimate of drug-likeness (QED) is 0.488. The van der Waals surface area contributed by atoms with Crippen LogP contribution in [0.5, 0.6) is 5.75 Å². The first-order valence-electron chi connectivity index (χ1n) is 7.43. The molecule has 0 spiro atoms. The molecule has 2 rings (SSSR count). The van der Waals surface area contributed by atoms with E-state index in [4.69, 9.17) is 16.3 Å². The number of hydrogen-bond acceptors (Lipinski definition) is 5. The molecule has 130 valence electrons. The molecule has 1 atom stereocenters. The molecule has 6 nitrogen and oxygen atoms in total. The van der Waals surface area contributed by atoms with Crippen molar-refractivity contribution in [2.24, 2.45) is 5.10 Å². The van der Waals surface area contributed by atoms with Gasteiger partial charge in [0.1, 0.15) is 5.75 Å². The van der Waals surface area contributed by atoms with Gasteiger partial charge in [0, 0.05) is 5.02 Å². The molecule has 25 heavy (non-hydrogen) atoms. The number of amides is 1. The van der Waals surface area contributed by atoms with Crippen LogP contribution in [0.4, 0.5) is 0 Å². The number of halogens is 1. The average molecular weight is 361 g/mol. The van der Waals surface area contributed by atoms with Gasteiger partial charge in [0.2, 0.25) is 0 Å². The minimum Gasteiger partial charge on any atom is -0.481 e. The normalized spacial score (nSPS) is 11.8. The molecule has 0 aromatic heterocycles. The lowest BCUT2D eigenvalue weighted by atomic mass is 10.1. The van der Waals surface area contributed by atoms with Crippen LogP contribution in [0.3, 0.4) is 0 Å². The summed E-state index contributed by atoms with van der Waals surface area (Å²) in [6.07, 6.45) is 0.725. The molecule has 1 amide bonds. The van der Waals surface area contributed by atoms with Gasteiger partial charge in [-0.2, -0.15) is 5.10 Å². The van der Waals surface area contributed by atoms with E-state index in [1.807, 2.05) is 0 Å². The Hall–Kier alpha value is -2.86. The molecular weight excluding hydrogens is 344 g/mol. The Morgan fingerprint density at radius 1 is 1.20 bits per heavy atom. The lowest BCUT2D eigenvalue weighted by Gasteiger charge is -2.12. The predicted molar refractivity (Wildman–Crippen MR) is 95.1 cm³/mol. The van der Waals surface area contributed by atoms with Crippen LogP contribution < -0.4 is 10.2 Å². The van der Waals surface area contributed by atoms with Gasteiger partial charge in [0.05, 0.1) is 18.9 Å². The van der Waals surface area contributed by atoms with Crippen molar-refractivity contribution in [1.29, 1.82) is 0 Å². The fourth-order valence-corrected chi connectivity index (χ4v) is 2.06. The Morgan fingerprint density at radius 2 is 1.92 bits per heavy atom. The lowest BCUT2D eigenvalue weighted by Crippen LogP contribution is -2.33. The number of nitrogens with zero attached hydrogens (tertiary/aromatic N) is 1. The molecule has 2 aromatic carbocycles. The Kier molecular flexibility index (Phi) is 6.54. The van der Waals surface area contributed by atoms with Crippen LogP contribution in [0.1, 0.15) is 22.8 Å². The van der Waals surface area contributed by atoms with Gasteiger partial charge in [-0.3, -0.25) is 4.79 Å². The van der Waals surface area contributed by atoms with E-state index in [9.17, 15) is 9.59 Å². The van der Waals surface area contributed by atoms with Crippen LogP contribution in [0.25, 0.3) is 0 Å². The molecule has 0 saturated carbocycles. The van der Waals surface area contributed by atoms with Gasteiger partial charge in [-0.25, -0.2) is 10.2 Å². The van der Waals surface area contributed by atoms with Gasteiger partial charge >= 0.3 is 5.97 Å². The van der Waals surface area contributed by atoms with Gasteiger partial charge in [-0.05, 0) is 42.8 Å². The molecule has 0 aliphatic rings. The first-order chi connectivity index (χ1) is 12.0. The van der Waals surface area contributed by atoms with Crippen LogP contribution in [0.2, 0.25) is 5.02 Å². The number of ether oxygens (including phenoxy) is 2. The number of carbonyl (C=O) groups excluding carboxylic acids is 2. The largest absolute Gasteiger partial charge is 0.481 e. The van der Waals surface area contributed by atoms with E-state index in [0.717, 1.165) is 5.56 Å². The van der Waals surface area contributed by atoms with Gasteiger partial charge in [0.15, 0.2) is 6.10 Å². The minimum absolute atomic E-state index is 0.401. The molecule has 0 aliphatic heterocycles. The van der Waals surface area contributed by atoms with Crippen molar-refractivity contribution >= 4 is 29.7 Å². The van der Waals surface area contributed by atoms with E-state index >= 15 is 0 Å². The summed E-state index contributed by atoms with van der Waals surface area (Å²) in [7, 11) is 1.32. The number of rotatable bonds is 6. The monoisotopic (exact) mass is 360 g/mol. The molecular formula is C18H17ClN2O4. The van der Waals surface area contributed by atoms with E-state index in [1.165, 1.54) is 13.3 Å². The van der Waals surface area contributed by atoms with Crippen LogP contribution in [0, 0.1) is 0 Å². The van der Waals surface area contributed by atoms with Crippen molar-refractivity contribution < 1.29 is 19.1 Å². The van der Waals surface area contributed by atoms with Crippen molar-refractivity contribution in [1.82, 2.24) is 5.43 Å². The van der Waals surface area contributed by atoms with Crippen molar-refractivity contribution in [2.75, 3.05) is 7.11 Å². The predicted octanol–water partition coefficient (Wildman–Crippen LogP) is 3.04.